The zero-order valence-electron chi connectivity index (χ0n) is 17.3. The second kappa shape index (κ2) is 10.0. The molecular weight excluding hydrogens is 433 g/mol. The first-order valence-electron chi connectivity index (χ1n) is 9.82. The molecule has 0 fully saturated rings. The molecule has 0 aliphatic carbocycles. The summed E-state index contributed by atoms with van der Waals surface area (Å²) in [4.78, 5) is 1.45. The van der Waals surface area contributed by atoms with Gasteiger partial charge in [-0.15, -0.1) is 0 Å². The van der Waals surface area contributed by atoms with Crippen molar-refractivity contribution in [3.63, 3.8) is 0 Å². The lowest BCUT2D eigenvalue weighted by Crippen LogP contribution is -2.18. The van der Waals surface area contributed by atoms with E-state index in [1.165, 1.54) is 17.8 Å². The summed E-state index contributed by atoms with van der Waals surface area (Å²) in [6.07, 6.45) is 3.04. The van der Waals surface area contributed by atoms with Crippen LogP contribution in [0.5, 0.6) is 5.75 Å². The summed E-state index contributed by atoms with van der Waals surface area (Å²) in [5, 5.41) is 11.9. The molecule has 3 aromatic rings. The topological polar surface area (TPSA) is 66.4 Å². The summed E-state index contributed by atoms with van der Waals surface area (Å²) < 4.78 is 42.0. The Morgan fingerprint density at radius 3 is 2.39 bits per heavy atom. The van der Waals surface area contributed by atoms with E-state index >= 15 is 0 Å². The van der Waals surface area contributed by atoms with E-state index in [9.17, 15) is 17.9 Å². The van der Waals surface area contributed by atoms with E-state index in [0.717, 1.165) is 4.90 Å². The van der Waals surface area contributed by atoms with Gasteiger partial charge in [0.1, 0.15) is 5.75 Å². The highest BCUT2D eigenvalue weighted by Crippen LogP contribution is 2.42. The van der Waals surface area contributed by atoms with Gasteiger partial charge in [0.15, 0.2) is 0 Å². The number of phenols is 1. The molecule has 31 heavy (non-hydrogen) atoms. The van der Waals surface area contributed by atoms with Gasteiger partial charge in [-0.2, -0.15) is 0 Å². The molecule has 3 rings (SSSR count). The smallest absolute Gasteiger partial charge is 0.236 e. The van der Waals surface area contributed by atoms with Crippen molar-refractivity contribution in [3.05, 3.63) is 84.2 Å². The molecule has 0 amide bonds. The molecule has 0 spiro atoms. The Bertz CT molecular complexity index is 1240. The summed E-state index contributed by atoms with van der Waals surface area (Å²) in [6.45, 7) is 3.34. The van der Waals surface area contributed by atoms with Gasteiger partial charge in [-0.25, -0.2) is 12.8 Å². The third-order valence-corrected chi connectivity index (χ3v) is 6.91. The maximum Gasteiger partial charge on any atom is 0.236 e. The summed E-state index contributed by atoms with van der Waals surface area (Å²) in [5.41, 5.74) is 0.732. The van der Waals surface area contributed by atoms with Crippen molar-refractivity contribution >= 4 is 38.2 Å². The van der Waals surface area contributed by atoms with Crippen LogP contribution in [0, 0.1) is 0 Å². The highest BCUT2D eigenvalue weighted by molar-refractivity contribution is 7.99. The fourth-order valence-electron chi connectivity index (χ4n) is 3.05. The van der Waals surface area contributed by atoms with Gasteiger partial charge in [0.05, 0.1) is 22.2 Å². The molecular formula is C24H24FNO3S2. The number of halogens is 1. The van der Waals surface area contributed by atoms with Gasteiger partial charge in [0.25, 0.3) is 0 Å². The van der Waals surface area contributed by atoms with Crippen molar-refractivity contribution in [1.29, 1.82) is 0 Å². The van der Waals surface area contributed by atoms with Crippen molar-refractivity contribution in [2.45, 2.75) is 30.1 Å². The summed E-state index contributed by atoms with van der Waals surface area (Å²) in [5.74, 6) is -0.637. The first kappa shape index (κ1) is 22.9. The molecule has 0 aliphatic heterocycles. The number of hydrogen-bond acceptors (Lipinski definition) is 4. The van der Waals surface area contributed by atoms with Crippen LogP contribution in [0.3, 0.4) is 0 Å². The molecule has 0 saturated heterocycles. The molecule has 0 radical (unpaired) electrons. The Balaban J connectivity index is 2.00. The first-order valence-corrected chi connectivity index (χ1v) is 12.3. The normalized spacial score (nSPS) is 12.9. The molecule has 0 aromatic heterocycles. The number of benzene rings is 3. The predicted octanol–water partition coefficient (Wildman–Crippen LogP) is 6.65. The van der Waals surface area contributed by atoms with Crippen molar-refractivity contribution in [1.82, 2.24) is 0 Å². The Labute approximate surface area is 186 Å². The minimum atomic E-state index is -3.81. The van der Waals surface area contributed by atoms with Gasteiger partial charge in [-0.3, -0.25) is 4.72 Å². The maximum atomic E-state index is 13.7. The van der Waals surface area contributed by atoms with E-state index in [1.54, 1.807) is 50.3 Å². The maximum absolute atomic E-state index is 13.7. The monoisotopic (exact) mass is 457 g/mol. The van der Waals surface area contributed by atoms with Crippen molar-refractivity contribution in [2.24, 2.45) is 0 Å². The molecule has 3 aromatic carbocycles. The van der Waals surface area contributed by atoms with E-state index in [-0.39, 0.29) is 23.8 Å². The van der Waals surface area contributed by atoms with Crippen LogP contribution in [0.15, 0.2) is 94.0 Å². The van der Waals surface area contributed by atoms with Crippen LogP contribution in [0.2, 0.25) is 0 Å². The van der Waals surface area contributed by atoms with Crippen LogP contribution >= 0.6 is 11.8 Å². The zero-order chi connectivity index (χ0) is 22.4. The molecule has 4 nitrogen and oxygen atoms in total. The molecule has 7 heteroatoms. The van der Waals surface area contributed by atoms with E-state index in [0.29, 0.717) is 26.9 Å². The summed E-state index contributed by atoms with van der Waals surface area (Å²) in [6, 6.07) is 18.2. The Hall–Kier alpha value is -2.77. The Morgan fingerprint density at radius 1 is 1.10 bits per heavy atom. The lowest BCUT2D eigenvalue weighted by atomic mass is 10.1. The first-order chi connectivity index (χ1) is 14.8. The van der Waals surface area contributed by atoms with Gasteiger partial charge in [0, 0.05) is 15.7 Å². The molecule has 0 saturated carbocycles. The SMILES string of the molecule is C/C=C(\C=C(\F)CC)CS(=O)(=O)Nc1cc(Sc2ccccc2)c(O)c2ccccc12. The Kier molecular flexibility index (Phi) is 7.41. The van der Waals surface area contributed by atoms with Gasteiger partial charge >= 0.3 is 0 Å². The van der Waals surface area contributed by atoms with Crippen molar-refractivity contribution in [3.8, 4) is 5.75 Å². The second-order valence-electron chi connectivity index (χ2n) is 6.90. The number of allylic oxidation sites excluding steroid dienone is 3. The molecule has 0 atom stereocenters. The summed E-state index contributed by atoms with van der Waals surface area (Å²) in [7, 11) is -3.81. The third-order valence-electron chi connectivity index (χ3n) is 4.62. The fraction of sp³-hybridized carbons (Fsp3) is 0.167. The average Bonchev–Trinajstić information content (AvgIpc) is 2.76. The lowest BCUT2D eigenvalue weighted by molar-refractivity contribution is 0.469. The molecule has 162 valence electrons. The lowest BCUT2D eigenvalue weighted by Gasteiger charge is -2.15. The van der Waals surface area contributed by atoms with E-state index in [1.807, 2.05) is 30.3 Å². The van der Waals surface area contributed by atoms with Gasteiger partial charge in [-0.05, 0) is 43.2 Å². The number of nitrogens with one attached hydrogen (secondary N) is 1. The van der Waals surface area contributed by atoms with Gasteiger partial charge in [-0.1, -0.05) is 67.2 Å². The largest absolute Gasteiger partial charge is 0.506 e. The van der Waals surface area contributed by atoms with Crippen molar-refractivity contribution in [2.75, 3.05) is 10.5 Å². The van der Waals surface area contributed by atoms with Crippen LogP contribution in [0.4, 0.5) is 10.1 Å². The number of aromatic hydroxyl groups is 1. The molecule has 2 N–H and O–H groups in total. The highest BCUT2D eigenvalue weighted by Gasteiger charge is 2.18. The van der Waals surface area contributed by atoms with Crippen molar-refractivity contribution < 1.29 is 17.9 Å². The quantitative estimate of drug-likeness (QED) is 0.294. The number of fused-ring (bicyclic) bond motifs is 1. The molecule has 0 heterocycles. The minimum Gasteiger partial charge on any atom is -0.506 e. The summed E-state index contributed by atoms with van der Waals surface area (Å²) >= 11 is 1.34. The average molecular weight is 458 g/mol. The molecule has 0 aliphatic rings. The number of anilines is 1. The van der Waals surface area contributed by atoms with Gasteiger partial charge < -0.3 is 5.11 Å². The highest BCUT2D eigenvalue weighted by atomic mass is 32.2. The third kappa shape index (κ3) is 5.89. The number of sulfonamides is 1. The number of phenolic OH excluding ortho intramolecular Hbond substituents is 1. The van der Waals surface area contributed by atoms with Crippen LogP contribution < -0.4 is 4.72 Å². The van der Waals surface area contributed by atoms with E-state index in [4.69, 9.17) is 0 Å². The number of rotatable bonds is 8. The zero-order valence-corrected chi connectivity index (χ0v) is 18.9. The van der Waals surface area contributed by atoms with E-state index < -0.39 is 10.0 Å². The fourth-order valence-corrected chi connectivity index (χ4v) is 5.24. The van der Waals surface area contributed by atoms with Gasteiger partial charge in [0.2, 0.25) is 10.0 Å². The second-order valence-corrected chi connectivity index (χ2v) is 9.74. The van der Waals surface area contributed by atoms with E-state index in [2.05, 4.69) is 4.72 Å². The van der Waals surface area contributed by atoms with Crippen LogP contribution in [0.25, 0.3) is 10.8 Å². The number of hydrogen-bond donors (Lipinski definition) is 2. The van der Waals surface area contributed by atoms with Crippen LogP contribution in [-0.4, -0.2) is 19.3 Å². The Morgan fingerprint density at radius 2 is 1.74 bits per heavy atom. The van der Waals surface area contributed by atoms with Crippen LogP contribution in [0.1, 0.15) is 20.3 Å². The standard InChI is InChI=1S/C24H24FNO3S2/c1-3-17(14-18(25)4-2)16-31(28,29)26-22-15-23(30-19-10-6-5-7-11-19)24(27)21-13-9-8-12-20(21)22/h3,5-15,26-27H,4,16H2,1-2H3/b17-3+,18-14+. The predicted molar refractivity (Wildman–Crippen MR) is 127 cm³/mol. The van der Waals surface area contributed by atoms with Crippen LogP contribution in [-0.2, 0) is 10.0 Å². The molecule has 0 unspecified atom stereocenters. The minimum absolute atomic E-state index is 0.0921. The molecule has 0 bridgehead atoms.